The average molecular weight is 257 g/mol. The Morgan fingerprint density at radius 3 is 2.79 bits per heavy atom. The van der Waals surface area contributed by atoms with E-state index in [-0.39, 0.29) is 11.6 Å². The van der Waals surface area contributed by atoms with Crippen LogP contribution in [0.2, 0.25) is 0 Å². The molecule has 1 heterocycles. The highest BCUT2D eigenvalue weighted by Gasteiger charge is 2.13. The van der Waals surface area contributed by atoms with Crippen LogP contribution in [-0.2, 0) is 0 Å². The molecule has 0 saturated carbocycles. The molecule has 5 nitrogen and oxygen atoms in total. The maximum atomic E-state index is 11.2. The zero-order chi connectivity index (χ0) is 13.8. The Labute approximate surface area is 111 Å². The van der Waals surface area contributed by atoms with Gasteiger partial charge in [0.2, 0.25) is 0 Å². The molecule has 0 aliphatic heterocycles. The van der Waals surface area contributed by atoms with Crippen molar-refractivity contribution >= 4 is 17.3 Å². The van der Waals surface area contributed by atoms with E-state index in [9.17, 15) is 4.79 Å². The molecule has 0 amide bonds. The number of carboxylic acid groups (broad SMARTS) is 1. The number of nitrogen functional groups attached to an aromatic ring is 1. The monoisotopic (exact) mass is 257 g/mol. The second-order valence-electron chi connectivity index (χ2n) is 4.23. The SMILES string of the molecule is CC(Nc1cc(N)ccc1C(=O)O)c1ccccn1. The van der Waals surface area contributed by atoms with Crippen molar-refractivity contribution in [2.75, 3.05) is 11.1 Å². The average Bonchev–Trinajstić information content (AvgIpc) is 2.39. The molecule has 4 N–H and O–H groups in total. The topological polar surface area (TPSA) is 88.2 Å². The summed E-state index contributed by atoms with van der Waals surface area (Å²) in [4.78, 5) is 15.4. The number of hydrogen-bond donors (Lipinski definition) is 3. The summed E-state index contributed by atoms with van der Waals surface area (Å²) in [6.45, 7) is 1.91. The molecule has 1 aromatic heterocycles. The number of carbonyl (C=O) groups is 1. The number of benzene rings is 1. The van der Waals surface area contributed by atoms with E-state index in [1.807, 2.05) is 25.1 Å². The second kappa shape index (κ2) is 5.39. The Balaban J connectivity index is 2.28. The molecule has 2 rings (SSSR count). The maximum absolute atomic E-state index is 11.2. The van der Waals surface area contributed by atoms with Gasteiger partial charge in [-0.2, -0.15) is 0 Å². The summed E-state index contributed by atoms with van der Waals surface area (Å²) in [5, 5.41) is 12.3. The molecular formula is C14H15N3O2. The van der Waals surface area contributed by atoms with E-state index in [0.29, 0.717) is 11.4 Å². The van der Waals surface area contributed by atoms with Crippen LogP contribution in [0.5, 0.6) is 0 Å². The van der Waals surface area contributed by atoms with E-state index in [1.165, 1.54) is 6.07 Å². The van der Waals surface area contributed by atoms with Crippen molar-refractivity contribution in [3.05, 3.63) is 53.9 Å². The van der Waals surface area contributed by atoms with Crippen LogP contribution in [0.4, 0.5) is 11.4 Å². The van der Waals surface area contributed by atoms with E-state index in [1.54, 1.807) is 18.3 Å². The van der Waals surface area contributed by atoms with Crippen molar-refractivity contribution in [2.45, 2.75) is 13.0 Å². The molecule has 0 spiro atoms. The molecule has 1 atom stereocenters. The van der Waals surface area contributed by atoms with Gasteiger partial charge in [0.1, 0.15) is 0 Å². The van der Waals surface area contributed by atoms with Crippen molar-refractivity contribution in [1.82, 2.24) is 4.98 Å². The highest BCUT2D eigenvalue weighted by atomic mass is 16.4. The van der Waals surface area contributed by atoms with Gasteiger partial charge in [0.05, 0.1) is 23.0 Å². The first-order valence-corrected chi connectivity index (χ1v) is 5.88. The molecule has 0 aliphatic carbocycles. The Morgan fingerprint density at radius 1 is 1.37 bits per heavy atom. The number of rotatable bonds is 4. The zero-order valence-corrected chi connectivity index (χ0v) is 10.5. The number of hydrogen-bond acceptors (Lipinski definition) is 4. The van der Waals surface area contributed by atoms with E-state index >= 15 is 0 Å². The van der Waals surface area contributed by atoms with Gasteiger partial charge in [-0.1, -0.05) is 6.07 Å². The number of pyridine rings is 1. The Kier molecular flexibility index (Phi) is 3.66. The first kappa shape index (κ1) is 12.9. The van der Waals surface area contributed by atoms with Crippen LogP contribution in [0, 0.1) is 0 Å². The van der Waals surface area contributed by atoms with Crippen molar-refractivity contribution in [3.8, 4) is 0 Å². The van der Waals surface area contributed by atoms with Gasteiger partial charge in [0, 0.05) is 11.9 Å². The minimum absolute atomic E-state index is 0.110. The molecule has 19 heavy (non-hydrogen) atoms. The first-order valence-electron chi connectivity index (χ1n) is 5.88. The molecule has 0 saturated heterocycles. The fourth-order valence-corrected chi connectivity index (χ4v) is 1.81. The minimum Gasteiger partial charge on any atom is -0.478 e. The van der Waals surface area contributed by atoms with Gasteiger partial charge in [0.15, 0.2) is 0 Å². The Hall–Kier alpha value is -2.56. The van der Waals surface area contributed by atoms with Crippen LogP contribution in [0.25, 0.3) is 0 Å². The molecule has 0 radical (unpaired) electrons. The maximum Gasteiger partial charge on any atom is 0.337 e. The molecular weight excluding hydrogens is 242 g/mol. The fraction of sp³-hybridized carbons (Fsp3) is 0.143. The molecule has 0 aliphatic rings. The van der Waals surface area contributed by atoms with Gasteiger partial charge in [-0.05, 0) is 37.3 Å². The lowest BCUT2D eigenvalue weighted by molar-refractivity contribution is 0.0698. The Morgan fingerprint density at radius 2 is 2.16 bits per heavy atom. The molecule has 1 unspecified atom stereocenters. The van der Waals surface area contributed by atoms with Gasteiger partial charge in [-0.25, -0.2) is 4.79 Å². The van der Waals surface area contributed by atoms with Crippen LogP contribution in [-0.4, -0.2) is 16.1 Å². The number of aromatic carboxylic acids is 1. The highest BCUT2D eigenvalue weighted by molar-refractivity contribution is 5.95. The van der Waals surface area contributed by atoms with Gasteiger partial charge in [-0.15, -0.1) is 0 Å². The third-order valence-electron chi connectivity index (χ3n) is 2.78. The van der Waals surface area contributed by atoms with Gasteiger partial charge in [0.25, 0.3) is 0 Å². The molecule has 1 aromatic carbocycles. The van der Waals surface area contributed by atoms with E-state index in [2.05, 4.69) is 10.3 Å². The van der Waals surface area contributed by atoms with Crippen LogP contribution >= 0.6 is 0 Å². The van der Waals surface area contributed by atoms with Crippen LogP contribution in [0.15, 0.2) is 42.6 Å². The number of carboxylic acids is 1. The minimum atomic E-state index is -0.990. The summed E-state index contributed by atoms with van der Waals surface area (Å²) in [5.41, 5.74) is 7.73. The predicted octanol–water partition coefficient (Wildman–Crippen LogP) is 2.54. The van der Waals surface area contributed by atoms with Crippen molar-refractivity contribution in [3.63, 3.8) is 0 Å². The summed E-state index contributed by atoms with van der Waals surface area (Å²) in [6.07, 6.45) is 1.70. The lowest BCUT2D eigenvalue weighted by Crippen LogP contribution is -2.12. The van der Waals surface area contributed by atoms with Crippen LogP contribution < -0.4 is 11.1 Å². The van der Waals surface area contributed by atoms with E-state index in [4.69, 9.17) is 10.8 Å². The Bertz CT molecular complexity index is 584. The summed E-state index contributed by atoms with van der Waals surface area (Å²) in [5.74, 6) is -0.990. The lowest BCUT2D eigenvalue weighted by Gasteiger charge is -2.16. The molecule has 98 valence electrons. The summed E-state index contributed by atoms with van der Waals surface area (Å²) in [7, 11) is 0. The second-order valence-corrected chi connectivity index (χ2v) is 4.23. The summed E-state index contributed by atoms with van der Waals surface area (Å²) < 4.78 is 0. The largest absolute Gasteiger partial charge is 0.478 e. The summed E-state index contributed by atoms with van der Waals surface area (Å²) >= 11 is 0. The number of aromatic nitrogens is 1. The van der Waals surface area contributed by atoms with Crippen molar-refractivity contribution in [1.29, 1.82) is 0 Å². The first-order chi connectivity index (χ1) is 9.08. The normalized spacial score (nSPS) is 11.8. The molecule has 0 bridgehead atoms. The third-order valence-corrected chi connectivity index (χ3v) is 2.78. The van der Waals surface area contributed by atoms with Crippen LogP contribution in [0.1, 0.15) is 29.0 Å². The number of nitrogens with zero attached hydrogens (tertiary/aromatic N) is 1. The predicted molar refractivity (Wildman–Crippen MR) is 74.1 cm³/mol. The van der Waals surface area contributed by atoms with Crippen molar-refractivity contribution < 1.29 is 9.90 Å². The van der Waals surface area contributed by atoms with Gasteiger partial charge in [-0.3, -0.25) is 4.98 Å². The zero-order valence-electron chi connectivity index (χ0n) is 10.5. The number of nitrogens with two attached hydrogens (primary N) is 1. The molecule has 0 fully saturated rings. The van der Waals surface area contributed by atoms with Gasteiger partial charge >= 0.3 is 5.97 Å². The quantitative estimate of drug-likeness (QED) is 0.732. The molecule has 5 heteroatoms. The lowest BCUT2D eigenvalue weighted by atomic mass is 10.1. The fourth-order valence-electron chi connectivity index (χ4n) is 1.81. The molecule has 2 aromatic rings. The third kappa shape index (κ3) is 3.01. The van der Waals surface area contributed by atoms with Gasteiger partial charge < -0.3 is 16.2 Å². The number of anilines is 2. The van der Waals surface area contributed by atoms with E-state index in [0.717, 1.165) is 5.69 Å². The number of nitrogens with one attached hydrogen (secondary N) is 1. The summed E-state index contributed by atoms with van der Waals surface area (Å²) in [6, 6.07) is 10.2. The standard InChI is InChI=1S/C14H15N3O2/c1-9(12-4-2-3-7-16-12)17-13-8-10(15)5-6-11(13)14(18)19/h2-9,17H,15H2,1H3,(H,18,19). The van der Waals surface area contributed by atoms with Crippen LogP contribution in [0.3, 0.4) is 0 Å². The smallest absolute Gasteiger partial charge is 0.337 e. The van der Waals surface area contributed by atoms with Crippen molar-refractivity contribution in [2.24, 2.45) is 0 Å². The highest BCUT2D eigenvalue weighted by Crippen LogP contribution is 2.24. The van der Waals surface area contributed by atoms with E-state index < -0.39 is 5.97 Å².